The van der Waals surface area contributed by atoms with Crippen LogP contribution in [-0.4, -0.2) is 65.8 Å². The zero-order valence-electron chi connectivity index (χ0n) is 15.2. The molecule has 2 aliphatic heterocycles. The first-order valence-electron chi connectivity index (χ1n) is 9.03. The standard InChI is InChI=1S/C18H18F4N4O3/c19-6-18(7-20,8-21)26-5-12(17(28)29)14(27)11-2-13(22)16(24-15(11)26)25-4-9-1-10(25)3-23-9/h2,5,9-10,23H,1,3-4,6-8H2,(H,28,29)/t9?,10-/m1/s1. The number of alkyl halides is 3. The van der Waals surface area contributed by atoms with E-state index >= 15 is 0 Å². The monoisotopic (exact) mass is 414 g/mol. The van der Waals surface area contributed by atoms with Gasteiger partial charge in [-0.05, 0) is 12.5 Å². The third-order valence-electron chi connectivity index (χ3n) is 5.73. The highest BCUT2D eigenvalue weighted by Crippen LogP contribution is 2.32. The summed E-state index contributed by atoms with van der Waals surface area (Å²) < 4.78 is 56.7. The van der Waals surface area contributed by atoms with Gasteiger partial charge in [-0.2, -0.15) is 0 Å². The van der Waals surface area contributed by atoms with E-state index in [1.54, 1.807) is 4.90 Å². The Hall–Kier alpha value is -2.69. The molecule has 0 radical (unpaired) electrons. The molecule has 2 atom stereocenters. The van der Waals surface area contributed by atoms with E-state index in [4.69, 9.17) is 0 Å². The molecular formula is C18H18F4N4O3. The smallest absolute Gasteiger partial charge is 0.341 e. The Morgan fingerprint density at radius 3 is 2.52 bits per heavy atom. The van der Waals surface area contributed by atoms with Crippen LogP contribution in [0.5, 0.6) is 0 Å². The molecule has 2 aromatic rings. The highest BCUT2D eigenvalue weighted by Gasteiger charge is 2.40. The van der Waals surface area contributed by atoms with Gasteiger partial charge in [0.25, 0.3) is 0 Å². The summed E-state index contributed by atoms with van der Waals surface area (Å²) in [6.07, 6.45) is 1.45. The number of piperazine rings is 1. The fraction of sp³-hybridized carbons (Fsp3) is 0.500. The molecule has 0 aliphatic carbocycles. The number of aromatic nitrogens is 2. The highest BCUT2D eigenvalue weighted by atomic mass is 19.2. The van der Waals surface area contributed by atoms with Crippen molar-refractivity contribution in [2.75, 3.05) is 38.0 Å². The number of carbonyl (C=O) groups is 1. The molecule has 2 aromatic heterocycles. The first-order valence-corrected chi connectivity index (χ1v) is 9.03. The number of carboxylic acids is 1. The average Bonchev–Trinajstić information content (AvgIpc) is 3.34. The Kier molecular flexibility index (Phi) is 4.72. The predicted molar refractivity (Wildman–Crippen MR) is 96.4 cm³/mol. The molecule has 2 bridgehead atoms. The Morgan fingerprint density at radius 2 is 2.00 bits per heavy atom. The second kappa shape index (κ2) is 6.97. The molecule has 0 amide bonds. The van der Waals surface area contributed by atoms with Crippen LogP contribution >= 0.6 is 0 Å². The molecule has 4 heterocycles. The van der Waals surface area contributed by atoms with Crippen LogP contribution in [0.3, 0.4) is 0 Å². The lowest BCUT2D eigenvalue weighted by Crippen LogP contribution is -2.45. The summed E-state index contributed by atoms with van der Waals surface area (Å²) in [7, 11) is 0. The van der Waals surface area contributed by atoms with Gasteiger partial charge in [0.1, 0.15) is 36.8 Å². The number of nitrogens with zero attached hydrogens (tertiary/aromatic N) is 3. The molecule has 2 saturated heterocycles. The fourth-order valence-electron chi connectivity index (χ4n) is 4.05. The molecule has 7 nitrogen and oxygen atoms in total. The van der Waals surface area contributed by atoms with Crippen LogP contribution in [0, 0.1) is 5.82 Å². The van der Waals surface area contributed by atoms with Crippen molar-refractivity contribution in [1.82, 2.24) is 14.9 Å². The van der Waals surface area contributed by atoms with Gasteiger partial charge < -0.3 is 19.9 Å². The number of aromatic carboxylic acids is 1. The molecule has 2 N–H and O–H groups in total. The lowest BCUT2D eigenvalue weighted by molar-refractivity contribution is 0.0691. The molecule has 0 spiro atoms. The molecule has 2 fully saturated rings. The first-order chi connectivity index (χ1) is 13.8. The fourth-order valence-corrected chi connectivity index (χ4v) is 4.05. The summed E-state index contributed by atoms with van der Waals surface area (Å²) in [5, 5.41) is 12.0. The molecule has 4 rings (SSSR count). The number of hydrogen-bond acceptors (Lipinski definition) is 5. The van der Waals surface area contributed by atoms with Crippen LogP contribution < -0.4 is 15.6 Å². The SMILES string of the molecule is O=C(O)c1cn(C(CF)(CF)CF)c2nc(N3CC4C[C@@H]3CN4)c(F)cc2c1=O. The number of halogens is 4. The Bertz CT molecular complexity index is 1030. The second-order valence-electron chi connectivity index (χ2n) is 7.48. The van der Waals surface area contributed by atoms with Crippen molar-refractivity contribution in [2.24, 2.45) is 0 Å². The normalized spacial score (nSPS) is 21.3. The number of pyridine rings is 2. The lowest BCUT2D eigenvalue weighted by Gasteiger charge is -2.31. The van der Waals surface area contributed by atoms with Gasteiger partial charge in [-0.15, -0.1) is 0 Å². The zero-order chi connectivity index (χ0) is 20.9. The van der Waals surface area contributed by atoms with Gasteiger partial charge in [0.05, 0.1) is 5.39 Å². The van der Waals surface area contributed by atoms with Crippen molar-refractivity contribution in [3.63, 3.8) is 0 Å². The van der Waals surface area contributed by atoms with Crippen LogP contribution in [-0.2, 0) is 5.54 Å². The van der Waals surface area contributed by atoms with Gasteiger partial charge in [0, 0.05) is 31.4 Å². The minimum Gasteiger partial charge on any atom is -0.477 e. The molecule has 156 valence electrons. The van der Waals surface area contributed by atoms with Crippen LogP contribution in [0.2, 0.25) is 0 Å². The van der Waals surface area contributed by atoms with Crippen LogP contribution in [0.15, 0.2) is 17.1 Å². The largest absolute Gasteiger partial charge is 0.477 e. The van der Waals surface area contributed by atoms with E-state index in [9.17, 15) is 32.3 Å². The Labute approximate surface area is 161 Å². The predicted octanol–water partition coefficient (Wildman–Crippen LogP) is 1.39. The van der Waals surface area contributed by atoms with Crippen LogP contribution in [0.4, 0.5) is 23.4 Å². The van der Waals surface area contributed by atoms with Gasteiger partial charge in [-0.3, -0.25) is 4.79 Å². The highest BCUT2D eigenvalue weighted by molar-refractivity contribution is 5.92. The topological polar surface area (TPSA) is 87.5 Å². The maximum Gasteiger partial charge on any atom is 0.341 e. The summed E-state index contributed by atoms with van der Waals surface area (Å²) in [5.41, 5.74) is -4.67. The van der Waals surface area contributed by atoms with Crippen molar-refractivity contribution >= 4 is 22.8 Å². The van der Waals surface area contributed by atoms with Gasteiger partial charge in [0.2, 0.25) is 5.43 Å². The maximum absolute atomic E-state index is 14.8. The average molecular weight is 414 g/mol. The summed E-state index contributed by atoms with van der Waals surface area (Å²) in [4.78, 5) is 29.8. The number of carboxylic acid groups (broad SMARTS) is 1. The van der Waals surface area contributed by atoms with Crippen LogP contribution in [0.1, 0.15) is 16.8 Å². The quantitative estimate of drug-likeness (QED) is 0.695. The zero-order valence-corrected chi connectivity index (χ0v) is 15.2. The maximum atomic E-state index is 14.8. The van der Waals surface area contributed by atoms with Gasteiger partial charge in [0.15, 0.2) is 11.6 Å². The van der Waals surface area contributed by atoms with Gasteiger partial charge >= 0.3 is 5.97 Å². The number of fused-ring (bicyclic) bond motifs is 3. The van der Waals surface area contributed by atoms with E-state index in [1.807, 2.05) is 0 Å². The van der Waals surface area contributed by atoms with E-state index in [0.29, 0.717) is 23.9 Å². The van der Waals surface area contributed by atoms with Crippen molar-refractivity contribution in [3.05, 3.63) is 33.9 Å². The van der Waals surface area contributed by atoms with Crippen molar-refractivity contribution in [3.8, 4) is 0 Å². The molecule has 1 unspecified atom stereocenters. The number of anilines is 1. The summed E-state index contributed by atoms with van der Waals surface area (Å²) in [6.45, 7) is -3.47. The first kappa shape index (κ1) is 19.6. The van der Waals surface area contributed by atoms with Crippen molar-refractivity contribution in [1.29, 1.82) is 0 Å². The minimum absolute atomic E-state index is 0.0359. The summed E-state index contributed by atoms with van der Waals surface area (Å²) in [5.74, 6) is -2.65. The molecule has 29 heavy (non-hydrogen) atoms. The molecule has 0 saturated carbocycles. The second-order valence-corrected chi connectivity index (χ2v) is 7.48. The van der Waals surface area contributed by atoms with E-state index in [1.165, 1.54) is 0 Å². The van der Waals surface area contributed by atoms with Crippen LogP contribution in [0.25, 0.3) is 11.0 Å². The van der Waals surface area contributed by atoms with Crippen molar-refractivity contribution < 1.29 is 27.5 Å². The number of rotatable bonds is 6. The number of hydrogen-bond donors (Lipinski definition) is 2. The van der Waals surface area contributed by atoms with E-state index < -0.39 is 53.7 Å². The molecule has 11 heteroatoms. The van der Waals surface area contributed by atoms with Gasteiger partial charge in [-0.1, -0.05) is 0 Å². The molecular weight excluding hydrogens is 396 g/mol. The molecule has 2 aliphatic rings. The van der Waals surface area contributed by atoms with Gasteiger partial charge in [-0.25, -0.2) is 27.3 Å². The van der Waals surface area contributed by atoms with E-state index in [2.05, 4.69) is 10.3 Å². The lowest BCUT2D eigenvalue weighted by atomic mass is 10.0. The van der Waals surface area contributed by atoms with Crippen molar-refractivity contribution in [2.45, 2.75) is 24.0 Å². The summed E-state index contributed by atoms with van der Waals surface area (Å²) >= 11 is 0. The van der Waals surface area contributed by atoms with E-state index in [-0.39, 0.29) is 23.5 Å². The Balaban J connectivity index is 2.01. The summed E-state index contributed by atoms with van der Waals surface area (Å²) in [6, 6.07) is 0.920. The number of nitrogens with one attached hydrogen (secondary N) is 1. The third-order valence-corrected chi connectivity index (χ3v) is 5.73. The Morgan fingerprint density at radius 1 is 1.31 bits per heavy atom. The van der Waals surface area contributed by atoms with E-state index in [0.717, 1.165) is 12.5 Å². The minimum atomic E-state index is -2.40. The molecule has 0 aromatic carbocycles. The third kappa shape index (κ3) is 2.86.